The quantitative estimate of drug-likeness (QED) is 0.0342. The summed E-state index contributed by atoms with van der Waals surface area (Å²) in [5.41, 5.74) is 5.54. The Morgan fingerprint density at radius 1 is 0.689 bits per heavy atom. The maximum atomic E-state index is 13.5. The summed E-state index contributed by atoms with van der Waals surface area (Å²) in [5.74, 6) is -14.4. The van der Waals surface area contributed by atoms with Gasteiger partial charge in [0.15, 0.2) is 0 Å². The van der Waals surface area contributed by atoms with E-state index in [2.05, 4.69) is 15.4 Å². The molecule has 0 aromatic heterocycles. The molecule has 1 aromatic rings. The number of amides is 2. The lowest BCUT2D eigenvalue weighted by Crippen LogP contribution is -2.39. The average molecular weight is 658 g/mol. The van der Waals surface area contributed by atoms with Gasteiger partial charge in [0.05, 0.1) is 59.3 Å². The molecule has 0 radical (unpaired) electrons. The van der Waals surface area contributed by atoms with Crippen molar-refractivity contribution in [2.75, 3.05) is 65.9 Å². The number of esters is 1. The lowest BCUT2D eigenvalue weighted by molar-refractivity contribution is -0.136. The summed E-state index contributed by atoms with van der Waals surface area (Å²) in [7, 11) is 0. The Balaban J connectivity index is 2.03. The van der Waals surface area contributed by atoms with Crippen LogP contribution < -0.4 is 21.1 Å². The maximum absolute atomic E-state index is 13.5. The Hall–Kier alpha value is -2.92. The molecule has 4 N–H and O–H groups in total. The third-order valence-electron chi connectivity index (χ3n) is 6.08. The summed E-state index contributed by atoms with van der Waals surface area (Å²) < 4.78 is 91.8. The Morgan fingerprint density at radius 3 is 1.78 bits per heavy atom. The van der Waals surface area contributed by atoms with Gasteiger partial charge in [0, 0.05) is 25.4 Å². The second-order valence-electron chi connectivity index (χ2n) is 9.78. The summed E-state index contributed by atoms with van der Waals surface area (Å²) in [6.45, 7) is 4.24. The van der Waals surface area contributed by atoms with E-state index < -0.39 is 47.2 Å². The largest absolute Gasteiger partial charge is 0.420 e. The van der Waals surface area contributed by atoms with Gasteiger partial charge in [-0.05, 0) is 25.8 Å². The van der Waals surface area contributed by atoms with Crippen molar-refractivity contribution in [3.63, 3.8) is 0 Å². The molecular weight excluding hydrogens is 613 g/mol. The highest BCUT2D eigenvalue weighted by molar-refractivity contribution is 5.79. The van der Waals surface area contributed by atoms with Crippen LogP contribution in [0.3, 0.4) is 0 Å². The zero-order chi connectivity index (χ0) is 33.5. The molecule has 45 heavy (non-hydrogen) atoms. The topological polar surface area (TPSA) is 147 Å². The predicted octanol–water partition coefficient (Wildman–Crippen LogP) is 3.05. The fourth-order valence-corrected chi connectivity index (χ4v) is 3.71. The van der Waals surface area contributed by atoms with Crippen molar-refractivity contribution in [2.24, 2.45) is 5.73 Å². The van der Waals surface area contributed by atoms with Gasteiger partial charge < -0.3 is 40.1 Å². The molecule has 16 heteroatoms. The summed E-state index contributed by atoms with van der Waals surface area (Å²) in [5, 5.41) is 5.72. The minimum atomic E-state index is -2.36. The van der Waals surface area contributed by atoms with Crippen molar-refractivity contribution in [1.82, 2.24) is 10.6 Å². The number of carbonyl (C=O) groups is 3. The van der Waals surface area contributed by atoms with Crippen LogP contribution in [0.1, 0.15) is 58.3 Å². The lowest BCUT2D eigenvalue weighted by Gasteiger charge is -2.18. The molecule has 0 aliphatic rings. The van der Waals surface area contributed by atoms with Crippen molar-refractivity contribution in [2.45, 2.75) is 64.3 Å². The van der Waals surface area contributed by atoms with E-state index in [0.29, 0.717) is 45.8 Å². The van der Waals surface area contributed by atoms with E-state index in [1.165, 1.54) is 0 Å². The molecule has 1 rings (SSSR count). The van der Waals surface area contributed by atoms with Crippen LogP contribution in [0.5, 0.6) is 5.75 Å². The second-order valence-corrected chi connectivity index (χ2v) is 9.78. The fourth-order valence-electron chi connectivity index (χ4n) is 3.71. The Kier molecular flexibility index (Phi) is 21.7. The van der Waals surface area contributed by atoms with Crippen LogP contribution in [0.25, 0.3) is 0 Å². The number of unbranched alkanes of at least 4 members (excludes halogenated alkanes) is 2. The standard InChI is InChI=1S/C29H44F5N3O8/c1-2-3-7-21(38)37-20(6-4-5-9-35)19-22(39)36-10-12-42-14-16-44-18-17-43-15-13-41-11-8-23(40)45-29-27(33)25(31)24(30)26(32)28(29)34/h20H,2-19,35H2,1H3,(H,36,39)(H,37,38). The minimum Gasteiger partial charge on any atom is -0.420 e. The van der Waals surface area contributed by atoms with Crippen molar-refractivity contribution < 1.29 is 60.0 Å². The normalized spacial score (nSPS) is 11.8. The molecule has 0 spiro atoms. The molecule has 0 heterocycles. The number of hydrogen-bond donors (Lipinski definition) is 3. The molecule has 11 nitrogen and oxygen atoms in total. The molecule has 1 aromatic carbocycles. The van der Waals surface area contributed by atoms with Crippen LogP contribution in [0.4, 0.5) is 22.0 Å². The Bertz CT molecular complexity index is 1010. The van der Waals surface area contributed by atoms with Crippen LogP contribution in [0.2, 0.25) is 0 Å². The van der Waals surface area contributed by atoms with Gasteiger partial charge in [-0.15, -0.1) is 0 Å². The molecule has 0 saturated carbocycles. The first kappa shape index (κ1) is 40.1. The summed E-state index contributed by atoms with van der Waals surface area (Å²) in [6, 6.07) is -0.234. The van der Waals surface area contributed by atoms with Crippen molar-refractivity contribution in [1.29, 1.82) is 0 Å². The lowest BCUT2D eigenvalue weighted by atomic mass is 10.1. The third-order valence-corrected chi connectivity index (χ3v) is 6.08. The number of rotatable bonds is 26. The minimum absolute atomic E-state index is 0.0516. The van der Waals surface area contributed by atoms with Crippen LogP contribution in [-0.2, 0) is 33.3 Å². The molecule has 0 fully saturated rings. The first-order valence-electron chi connectivity index (χ1n) is 14.9. The third kappa shape index (κ3) is 17.4. The van der Waals surface area contributed by atoms with Gasteiger partial charge in [-0.3, -0.25) is 14.4 Å². The molecule has 1 unspecified atom stereocenters. The van der Waals surface area contributed by atoms with E-state index in [4.69, 9.17) is 24.7 Å². The highest BCUT2D eigenvalue weighted by Crippen LogP contribution is 2.29. The molecule has 0 aliphatic carbocycles. The Morgan fingerprint density at radius 2 is 1.22 bits per heavy atom. The summed E-state index contributed by atoms with van der Waals surface area (Å²) in [4.78, 5) is 36.0. The number of benzene rings is 1. The second kappa shape index (κ2) is 24.3. The predicted molar refractivity (Wildman–Crippen MR) is 152 cm³/mol. The molecular formula is C29H44F5N3O8. The first-order valence-corrected chi connectivity index (χ1v) is 14.9. The highest BCUT2D eigenvalue weighted by Gasteiger charge is 2.28. The van der Waals surface area contributed by atoms with E-state index in [0.717, 1.165) is 25.7 Å². The molecule has 0 bridgehead atoms. The van der Waals surface area contributed by atoms with E-state index in [-0.39, 0.29) is 57.3 Å². The van der Waals surface area contributed by atoms with Gasteiger partial charge in [-0.25, -0.2) is 13.2 Å². The van der Waals surface area contributed by atoms with Gasteiger partial charge in [-0.2, -0.15) is 8.78 Å². The van der Waals surface area contributed by atoms with Gasteiger partial charge in [-0.1, -0.05) is 19.8 Å². The van der Waals surface area contributed by atoms with E-state index in [1.54, 1.807) is 0 Å². The van der Waals surface area contributed by atoms with Gasteiger partial charge in [0.1, 0.15) is 0 Å². The Labute approximate surface area is 259 Å². The number of hydrogen-bond acceptors (Lipinski definition) is 9. The van der Waals surface area contributed by atoms with Gasteiger partial charge in [0.2, 0.25) is 46.6 Å². The molecule has 1 atom stereocenters. The highest BCUT2D eigenvalue weighted by atomic mass is 19.2. The van der Waals surface area contributed by atoms with Crippen LogP contribution in [-0.4, -0.2) is 89.8 Å². The van der Waals surface area contributed by atoms with Crippen LogP contribution >= 0.6 is 0 Å². The smallest absolute Gasteiger partial charge is 0.313 e. The van der Waals surface area contributed by atoms with Crippen molar-refractivity contribution in [3.05, 3.63) is 29.1 Å². The maximum Gasteiger partial charge on any atom is 0.313 e. The van der Waals surface area contributed by atoms with E-state index >= 15 is 0 Å². The zero-order valence-corrected chi connectivity index (χ0v) is 25.5. The SMILES string of the molecule is CCCCC(=O)NC(CCCCN)CC(=O)NCCOCCOCCOCCOCCC(=O)Oc1c(F)c(F)c(F)c(F)c1F. The number of ether oxygens (including phenoxy) is 5. The molecule has 0 aliphatic heterocycles. The first-order chi connectivity index (χ1) is 21.6. The van der Waals surface area contributed by atoms with E-state index in [9.17, 15) is 36.3 Å². The van der Waals surface area contributed by atoms with Crippen LogP contribution in [0.15, 0.2) is 0 Å². The van der Waals surface area contributed by atoms with Crippen LogP contribution in [0, 0.1) is 29.1 Å². The molecule has 258 valence electrons. The number of nitrogens with one attached hydrogen (secondary N) is 2. The van der Waals surface area contributed by atoms with Gasteiger partial charge >= 0.3 is 5.97 Å². The summed E-state index contributed by atoms with van der Waals surface area (Å²) >= 11 is 0. The number of halogens is 5. The zero-order valence-electron chi connectivity index (χ0n) is 25.5. The number of nitrogens with two attached hydrogens (primary N) is 1. The fraction of sp³-hybridized carbons (Fsp3) is 0.690. The molecule has 0 saturated heterocycles. The molecule has 2 amide bonds. The van der Waals surface area contributed by atoms with Crippen molar-refractivity contribution in [3.8, 4) is 5.75 Å². The average Bonchev–Trinajstić information content (AvgIpc) is 3.02. The number of carbonyl (C=O) groups excluding carboxylic acids is 3. The monoisotopic (exact) mass is 657 g/mol. The van der Waals surface area contributed by atoms with E-state index in [1.807, 2.05) is 6.92 Å². The summed E-state index contributed by atoms with van der Waals surface area (Å²) in [6.07, 6.45) is 4.19. The van der Waals surface area contributed by atoms with Crippen molar-refractivity contribution >= 4 is 17.8 Å². The van der Waals surface area contributed by atoms with Gasteiger partial charge in [0.25, 0.3) is 0 Å².